The number of hydrogen-bond acceptors (Lipinski definition) is 3. The molecule has 1 aromatic heterocycles. The average molecular weight is 293 g/mol. The summed E-state index contributed by atoms with van der Waals surface area (Å²) in [4.78, 5) is 11.3. The molecular weight excluding hydrogens is 275 g/mol. The van der Waals surface area contributed by atoms with Crippen LogP contribution in [-0.4, -0.2) is 41.6 Å². The smallest absolute Gasteiger partial charge is 0.362 e. The number of carbonyl (C=O) groups excluding carboxylic acids is 1. The van der Waals surface area contributed by atoms with Crippen LogP contribution in [0.2, 0.25) is 0 Å². The van der Waals surface area contributed by atoms with E-state index in [-0.39, 0.29) is 0 Å². The van der Waals surface area contributed by atoms with Crippen molar-refractivity contribution in [3.05, 3.63) is 17.0 Å². The Morgan fingerprint density at radius 2 is 2.05 bits per heavy atom. The van der Waals surface area contributed by atoms with Gasteiger partial charge in [-0.15, -0.1) is 0 Å². The largest absolute Gasteiger partial charge is 0.411 e. The molecule has 0 fully saturated rings. The van der Waals surface area contributed by atoms with Gasteiger partial charge in [-0.05, 0) is 25.8 Å². The standard InChI is InChI=1S/C12H18F3N3O2/c1-8-10(9(2)18(3)17-8)4-5-16-11(19)6-20-7-12(13,14)15/h4-7H2,1-3H3,(H,16,19). The van der Waals surface area contributed by atoms with Crippen LogP contribution in [0, 0.1) is 13.8 Å². The lowest BCUT2D eigenvalue weighted by Gasteiger charge is -2.08. The van der Waals surface area contributed by atoms with Crippen LogP contribution in [0.4, 0.5) is 13.2 Å². The molecule has 1 rings (SSSR count). The molecule has 20 heavy (non-hydrogen) atoms. The van der Waals surface area contributed by atoms with Gasteiger partial charge in [-0.1, -0.05) is 0 Å². The molecule has 0 atom stereocenters. The number of aromatic nitrogens is 2. The molecule has 0 spiro atoms. The highest BCUT2D eigenvalue weighted by molar-refractivity contribution is 5.77. The van der Waals surface area contributed by atoms with E-state index in [9.17, 15) is 18.0 Å². The maximum atomic E-state index is 11.8. The predicted octanol–water partition coefficient (Wildman–Crippen LogP) is 1.27. The fourth-order valence-electron chi connectivity index (χ4n) is 1.82. The van der Waals surface area contributed by atoms with Gasteiger partial charge in [0.2, 0.25) is 5.91 Å². The Kier molecular flexibility index (Phi) is 5.55. The number of amides is 1. The van der Waals surface area contributed by atoms with E-state index < -0.39 is 25.3 Å². The number of rotatable bonds is 6. The topological polar surface area (TPSA) is 56.2 Å². The van der Waals surface area contributed by atoms with Crippen molar-refractivity contribution < 1.29 is 22.7 Å². The number of hydrogen-bond donors (Lipinski definition) is 1. The molecule has 0 aliphatic heterocycles. The van der Waals surface area contributed by atoms with Gasteiger partial charge in [0.1, 0.15) is 13.2 Å². The van der Waals surface area contributed by atoms with Crippen LogP contribution < -0.4 is 5.32 Å². The summed E-state index contributed by atoms with van der Waals surface area (Å²) in [6, 6.07) is 0. The molecule has 5 nitrogen and oxygen atoms in total. The first-order valence-corrected chi connectivity index (χ1v) is 6.11. The number of ether oxygens (including phenoxy) is 1. The lowest BCUT2D eigenvalue weighted by atomic mass is 10.1. The molecule has 1 aromatic rings. The molecule has 1 N–H and O–H groups in total. The zero-order valence-electron chi connectivity index (χ0n) is 11.7. The molecule has 0 saturated carbocycles. The van der Waals surface area contributed by atoms with Crippen LogP contribution in [0.3, 0.4) is 0 Å². The highest BCUT2D eigenvalue weighted by Gasteiger charge is 2.27. The summed E-state index contributed by atoms with van der Waals surface area (Å²) in [5, 5.41) is 6.75. The molecule has 0 unspecified atom stereocenters. The predicted molar refractivity (Wildman–Crippen MR) is 66.3 cm³/mol. The number of halogens is 3. The molecule has 0 saturated heterocycles. The van der Waals surface area contributed by atoms with Crippen LogP contribution in [0.15, 0.2) is 0 Å². The second kappa shape index (κ2) is 6.74. The van der Waals surface area contributed by atoms with Gasteiger partial charge in [-0.25, -0.2) is 0 Å². The van der Waals surface area contributed by atoms with Crippen molar-refractivity contribution in [3.63, 3.8) is 0 Å². The molecule has 1 heterocycles. The second-order valence-electron chi connectivity index (χ2n) is 4.48. The molecule has 0 aromatic carbocycles. The third kappa shape index (κ3) is 5.20. The summed E-state index contributed by atoms with van der Waals surface area (Å²) >= 11 is 0. The van der Waals surface area contributed by atoms with Crippen LogP contribution >= 0.6 is 0 Å². The lowest BCUT2D eigenvalue weighted by Crippen LogP contribution is -2.31. The Labute approximate surface area is 115 Å². The maximum absolute atomic E-state index is 11.8. The van der Waals surface area contributed by atoms with E-state index in [1.54, 1.807) is 4.68 Å². The van der Waals surface area contributed by atoms with Crippen molar-refractivity contribution in [2.75, 3.05) is 19.8 Å². The van der Waals surface area contributed by atoms with E-state index in [4.69, 9.17) is 0 Å². The first-order valence-electron chi connectivity index (χ1n) is 6.11. The van der Waals surface area contributed by atoms with Crippen LogP contribution in [0.1, 0.15) is 17.0 Å². The van der Waals surface area contributed by atoms with Crippen molar-refractivity contribution >= 4 is 5.91 Å². The monoisotopic (exact) mass is 293 g/mol. The highest BCUT2D eigenvalue weighted by Crippen LogP contribution is 2.14. The van der Waals surface area contributed by atoms with Crippen molar-refractivity contribution in [2.45, 2.75) is 26.4 Å². The van der Waals surface area contributed by atoms with E-state index >= 15 is 0 Å². The molecule has 1 amide bonds. The van der Waals surface area contributed by atoms with Gasteiger partial charge in [-0.3, -0.25) is 9.48 Å². The molecule has 0 aliphatic rings. The maximum Gasteiger partial charge on any atom is 0.411 e. The quantitative estimate of drug-likeness (QED) is 0.859. The zero-order valence-corrected chi connectivity index (χ0v) is 11.7. The SMILES string of the molecule is Cc1nn(C)c(C)c1CCNC(=O)COCC(F)(F)F. The summed E-state index contributed by atoms with van der Waals surface area (Å²) in [6.07, 6.45) is -3.83. The summed E-state index contributed by atoms with van der Waals surface area (Å²) < 4.78 is 41.4. The van der Waals surface area contributed by atoms with Crippen molar-refractivity contribution in [1.82, 2.24) is 15.1 Å². The fourth-order valence-corrected chi connectivity index (χ4v) is 1.82. The summed E-state index contributed by atoms with van der Waals surface area (Å²) in [6.45, 7) is 2.12. The molecule has 0 aliphatic carbocycles. The fraction of sp³-hybridized carbons (Fsp3) is 0.667. The van der Waals surface area contributed by atoms with E-state index in [1.807, 2.05) is 20.9 Å². The molecule has 0 radical (unpaired) electrons. The number of alkyl halides is 3. The van der Waals surface area contributed by atoms with Crippen LogP contribution in [-0.2, 0) is 23.0 Å². The Hall–Kier alpha value is -1.57. The van der Waals surface area contributed by atoms with Crippen molar-refractivity contribution in [1.29, 1.82) is 0 Å². The van der Waals surface area contributed by atoms with Crippen molar-refractivity contribution in [3.8, 4) is 0 Å². The Morgan fingerprint density at radius 3 is 2.55 bits per heavy atom. The molecule has 0 bridgehead atoms. The lowest BCUT2D eigenvalue weighted by molar-refractivity contribution is -0.175. The third-order valence-electron chi connectivity index (χ3n) is 2.85. The van der Waals surface area contributed by atoms with Gasteiger partial charge in [0.05, 0.1) is 5.69 Å². The Morgan fingerprint density at radius 1 is 1.40 bits per heavy atom. The first-order chi connectivity index (χ1) is 9.20. The highest BCUT2D eigenvalue weighted by atomic mass is 19.4. The van der Waals surface area contributed by atoms with Crippen LogP contribution in [0.25, 0.3) is 0 Å². The Balaban J connectivity index is 2.29. The van der Waals surface area contributed by atoms with E-state index in [1.165, 1.54) is 0 Å². The number of carbonyl (C=O) groups is 1. The molecular formula is C12H18F3N3O2. The average Bonchev–Trinajstić information content (AvgIpc) is 2.54. The van der Waals surface area contributed by atoms with Gasteiger partial charge in [0.25, 0.3) is 0 Å². The van der Waals surface area contributed by atoms with Gasteiger partial charge in [0.15, 0.2) is 0 Å². The molecule has 114 valence electrons. The summed E-state index contributed by atoms with van der Waals surface area (Å²) in [7, 11) is 1.83. The second-order valence-corrected chi connectivity index (χ2v) is 4.48. The van der Waals surface area contributed by atoms with E-state index in [2.05, 4.69) is 15.2 Å². The number of aryl methyl sites for hydroxylation is 2. The van der Waals surface area contributed by atoms with Gasteiger partial charge in [0, 0.05) is 19.3 Å². The number of nitrogens with one attached hydrogen (secondary N) is 1. The zero-order chi connectivity index (χ0) is 15.3. The van der Waals surface area contributed by atoms with Gasteiger partial charge < -0.3 is 10.1 Å². The minimum Gasteiger partial charge on any atom is -0.362 e. The van der Waals surface area contributed by atoms with Gasteiger partial charge in [-0.2, -0.15) is 18.3 Å². The van der Waals surface area contributed by atoms with E-state index in [0.717, 1.165) is 17.0 Å². The third-order valence-corrected chi connectivity index (χ3v) is 2.85. The normalized spacial score (nSPS) is 11.7. The van der Waals surface area contributed by atoms with Gasteiger partial charge >= 0.3 is 6.18 Å². The van der Waals surface area contributed by atoms with Crippen molar-refractivity contribution in [2.24, 2.45) is 7.05 Å². The molecule has 8 heteroatoms. The summed E-state index contributed by atoms with van der Waals surface area (Å²) in [5.41, 5.74) is 2.92. The summed E-state index contributed by atoms with van der Waals surface area (Å²) in [5.74, 6) is -0.562. The van der Waals surface area contributed by atoms with Crippen LogP contribution in [0.5, 0.6) is 0 Å². The van der Waals surface area contributed by atoms with E-state index in [0.29, 0.717) is 13.0 Å². The minimum absolute atomic E-state index is 0.335. The Bertz CT molecular complexity index is 469. The number of nitrogens with zero attached hydrogens (tertiary/aromatic N) is 2. The first kappa shape index (κ1) is 16.5. The minimum atomic E-state index is -4.41.